The van der Waals surface area contributed by atoms with E-state index in [2.05, 4.69) is 5.32 Å². The average molecular weight is 235 g/mol. The lowest BCUT2D eigenvalue weighted by Crippen LogP contribution is -2.27. The molecule has 1 aliphatic rings. The lowest BCUT2D eigenvalue weighted by Gasteiger charge is -2.17. The number of benzene rings is 1. The third-order valence-corrected chi connectivity index (χ3v) is 2.58. The molecule has 0 saturated heterocycles. The fourth-order valence-electron chi connectivity index (χ4n) is 1.95. The van der Waals surface area contributed by atoms with Gasteiger partial charge in [-0.15, -0.1) is 0 Å². The fourth-order valence-corrected chi connectivity index (χ4v) is 1.95. The molecule has 0 aliphatic carbocycles. The molecule has 0 saturated carbocycles. The van der Waals surface area contributed by atoms with Crippen molar-refractivity contribution in [1.82, 2.24) is 5.32 Å². The Morgan fingerprint density at radius 2 is 2.29 bits per heavy atom. The molecule has 0 unspecified atom stereocenters. The summed E-state index contributed by atoms with van der Waals surface area (Å²) in [6.45, 7) is 6.42. The molecule has 2 rings (SSSR count). The van der Waals surface area contributed by atoms with E-state index in [9.17, 15) is 4.79 Å². The van der Waals surface area contributed by atoms with Gasteiger partial charge in [0, 0.05) is 18.5 Å². The Bertz CT molecular complexity index is 440. The van der Waals surface area contributed by atoms with Gasteiger partial charge in [0.05, 0.1) is 0 Å². The van der Waals surface area contributed by atoms with Crippen molar-refractivity contribution >= 4 is 6.09 Å². The number of hydrogen-bond acceptors (Lipinski definition) is 3. The first-order chi connectivity index (χ1) is 8.02. The summed E-state index contributed by atoms with van der Waals surface area (Å²) in [4.78, 5) is 11.4. The standard InChI is InChI=1S/C13H17NO3/c1-4-14-12(15)16-10-7-5-6-9-8-13(2,3)17-11(9)10/h5-7H,4,8H2,1-3H3,(H,14,15). The van der Waals surface area contributed by atoms with Gasteiger partial charge in [0.15, 0.2) is 11.5 Å². The number of carbonyl (C=O) groups is 1. The quantitative estimate of drug-likeness (QED) is 0.856. The first-order valence-corrected chi connectivity index (χ1v) is 5.78. The van der Waals surface area contributed by atoms with Gasteiger partial charge in [0.2, 0.25) is 0 Å². The highest BCUT2D eigenvalue weighted by Gasteiger charge is 2.32. The number of nitrogens with one attached hydrogen (secondary N) is 1. The minimum Gasteiger partial charge on any atom is -0.483 e. The zero-order chi connectivity index (χ0) is 12.5. The molecule has 4 heteroatoms. The summed E-state index contributed by atoms with van der Waals surface area (Å²) in [6.07, 6.45) is 0.378. The van der Waals surface area contributed by atoms with Crippen LogP contribution in [-0.4, -0.2) is 18.2 Å². The Labute approximate surface area is 101 Å². The van der Waals surface area contributed by atoms with Gasteiger partial charge in [-0.3, -0.25) is 0 Å². The van der Waals surface area contributed by atoms with Crippen LogP contribution >= 0.6 is 0 Å². The molecule has 1 heterocycles. The van der Waals surface area contributed by atoms with Crippen LogP contribution in [0.4, 0.5) is 4.79 Å². The van der Waals surface area contributed by atoms with E-state index in [-0.39, 0.29) is 5.60 Å². The predicted octanol–water partition coefficient (Wildman–Crippen LogP) is 2.51. The molecule has 0 radical (unpaired) electrons. The number of amides is 1. The SMILES string of the molecule is CCNC(=O)Oc1cccc2c1OC(C)(C)C2. The second-order valence-corrected chi connectivity index (χ2v) is 4.70. The molecule has 0 aromatic heterocycles. The van der Waals surface area contributed by atoms with E-state index in [0.29, 0.717) is 18.0 Å². The topological polar surface area (TPSA) is 47.6 Å². The summed E-state index contributed by atoms with van der Waals surface area (Å²) < 4.78 is 11.0. The van der Waals surface area contributed by atoms with E-state index in [1.807, 2.05) is 32.9 Å². The molecule has 17 heavy (non-hydrogen) atoms. The molecule has 1 amide bonds. The molecule has 4 nitrogen and oxygen atoms in total. The minimum absolute atomic E-state index is 0.233. The predicted molar refractivity (Wildman–Crippen MR) is 64.6 cm³/mol. The van der Waals surface area contributed by atoms with Crippen molar-refractivity contribution in [1.29, 1.82) is 0 Å². The van der Waals surface area contributed by atoms with Crippen molar-refractivity contribution in [2.45, 2.75) is 32.8 Å². The molecule has 0 spiro atoms. The Hall–Kier alpha value is -1.71. The van der Waals surface area contributed by atoms with E-state index < -0.39 is 6.09 Å². The number of rotatable bonds is 2. The zero-order valence-corrected chi connectivity index (χ0v) is 10.4. The summed E-state index contributed by atoms with van der Waals surface area (Å²) in [5.74, 6) is 1.17. The van der Waals surface area contributed by atoms with Crippen molar-refractivity contribution < 1.29 is 14.3 Å². The maximum absolute atomic E-state index is 11.4. The van der Waals surface area contributed by atoms with Crippen LogP contribution in [0.5, 0.6) is 11.5 Å². The second kappa shape index (κ2) is 4.28. The van der Waals surface area contributed by atoms with Gasteiger partial charge < -0.3 is 14.8 Å². The highest BCUT2D eigenvalue weighted by molar-refractivity contribution is 5.71. The Morgan fingerprint density at radius 3 is 3.00 bits per heavy atom. The summed E-state index contributed by atoms with van der Waals surface area (Å²) >= 11 is 0. The molecule has 1 aromatic carbocycles. The van der Waals surface area contributed by atoms with Crippen LogP contribution < -0.4 is 14.8 Å². The summed E-state index contributed by atoms with van der Waals surface area (Å²) in [5.41, 5.74) is 0.847. The van der Waals surface area contributed by atoms with E-state index in [1.165, 1.54) is 0 Å². The first-order valence-electron chi connectivity index (χ1n) is 5.78. The third kappa shape index (κ3) is 2.52. The Kier molecular flexibility index (Phi) is 2.96. The van der Waals surface area contributed by atoms with Crippen LogP contribution in [0, 0.1) is 0 Å². The maximum Gasteiger partial charge on any atom is 0.412 e. The Morgan fingerprint density at radius 1 is 1.53 bits per heavy atom. The normalized spacial score (nSPS) is 15.9. The van der Waals surface area contributed by atoms with Gasteiger partial charge in [-0.1, -0.05) is 12.1 Å². The highest BCUT2D eigenvalue weighted by Crippen LogP contribution is 2.41. The van der Waals surface area contributed by atoms with Crippen LogP contribution in [0.25, 0.3) is 0 Å². The lowest BCUT2D eigenvalue weighted by atomic mass is 10.0. The number of hydrogen-bond donors (Lipinski definition) is 1. The zero-order valence-electron chi connectivity index (χ0n) is 10.4. The van der Waals surface area contributed by atoms with Crippen molar-refractivity contribution in [3.8, 4) is 11.5 Å². The van der Waals surface area contributed by atoms with Crippen LogP contribution in [0.2, 0.25) is 0 Å². The van der Waals surface area contributed by atoms with Crippen molar-refractivity contribution in [3.63, 3.8) is 0 Å². The van der Waals surface area contributed by atoms with Crippen LogP contribution in [0.3, 0.4) is 0 Å². The third-order valence-electron chi connectivity index (χ3n) is 2.58. The fraction of sp³-hybridized carbons (Fsp3) is 0.462. The molecular formula is C13H17NO3. The average Bonchev–Trinajstić information content (AvgIpc) is 2.53. The number of carbonyl (C=O) groups excluding carboxylic acids is 1. The van der Waals surface area contributed by atoms with E-state index >= 15 is 0 Å². The Balaban J connectivity index is 2.21. The first kappa shape index (κ1) is 11.8. The summed E-state index contributed by atoms with van der Waals surface area (Å²) in [5, 5.41) is 2.59. The van der Waals surface area contributed by atoms with E-state index in [0.717, 1.165) is 12.0 Å². The van der Waals surface area contributed by atoms with E-state index in [1.54, 1.807) is 6.07 Å². The highest BCUT2D eigenvalue weighted by atomic mass is 16.6. The summed E-state index contributed by atoms with van der Waals surface area (Å²) in [7, 11) is 0. The van der Waals surface area contributed by atoms with Gasteiger partial charge in [-0.2, -0.15) is 0 Å². The van der Waals surface area contributed by atoms with Crippen molar-refractivity contribution in [2.75, 3.05) is 6.54 Å². The lowest BCUT2D eigenvalue weighted by molar-refractivity contribution is 0.133. The molecule has 1 aliphatic heterocycles. The van der Waals surface area contributed by atoms with Crippen LogP contribution in [0.1, 0.15) is 26.3 Å². The molecule has 0 atom stereocenters. The van der Waals surface area contributed by atoms with Crippen molar-refractivity contribution in [3.05, 3.63) is 23.8 Å². The van der Waals surface area contributed by atoms with Gasteiger partial charge in [0.25, 0.3) is 0 Å². The molecule has 1 N–H and O–H groups in total. The van der Waals surface area contributed by atoms with Gasteiger partial charge >= 0.3 is 6.09 Å². The largest absolute Gasteiger partial charge is 0.483 e. The molecular weight excluding hydrogens is 218 g/mol. The minimum atomic E-state index is -0.450. The van der Waals surface area contributed by atoms with Gasteiger partial charge in [0.1, 0.15) is 5.60 Å². The van der Waals surface area contributed by atoms with Gasteiger partial charge in [-0.05, 0) is 26.8 Å². The number of fused-ring (bicyclic) bond motifs is 1. The number of ether oxygens (including phenoxy) is 2. The molecule has 1 aromatic rings. The molecule has 92 valence electrons. The summed E-state index contributed by atoms with van der Waals surface area (Å²) in [6, 6.07) is 5.61. The van der Waals surface area contributed by atoms with E-state index in [4.69, 9.17) is 9.47 Å². The monoisotopic (exact) mass is 235 g/mol. The van der Waals surface area contributed by atoms with Crippen LogP contribution in [-0.2, 0) is 6.42 Å². The maximum atomic E-state index is 11.4. The van der Waals surface area contributed by atoms with Crippen molar-refractivity contribution in [2.24, 2.45) is 0 Å². The van der Waals surface area contributed by atoms with Gasteiger partial charge in [-0.25, -0.2) is 4.79 Å². The number of para-hydroxylation sites is 1. The smallest absolute Gasteiger partial charge is 0.412 e. The molecule has 0 fully saturated rings. The van der Waals surface area contributed by atoms with Crippen LogP contribution in [0.15, 0.2) is 18.2 Å². The molecule has 0 bridgehead atoms. The second-order valence-electron chi connectivity index (χ2n) is 4.70.